The van der Waals surface area contributed by atoms with Crippen LogP contribution in [0.5, 0.6) is 0 Å². The van der Waals surface area contributed by atoms with Crippen LogP contribution in [0, 0.1) is 5.92 Å². The molecule has 1 aromatic rings. The van der Waals surface area contributed by atoms with Crippen molar-refractivity contribution in [1.82, 2.24) is 0 Å². The van der Waals surface area contributed by atoms with Crippen LogP contribution in [0.2, 0.25) is 5.02 Å². The van der Waals surface area contributed by atoms with E-state index < -0.39 is 11.7 Å². The molecule has 1 aliphatic rings. The van der Waals surface area contributed by atoms with Crippen molar-refractivity contribution in [3.63, 3.8) is 0 Å². The molecule has 0 aliphatic carbocycles. The van der Waals surface area contributed by atoms with Gasteiger partial charge in [-0.2, -0.15) is 0 Å². The Hall–Kier alpha value is -1.35. The highest BCUT2D eigenvalue weighted by molar-refractivity contribution is 6.54. The van der Waals surface area contributed by atoms with E-state index in [1.54, 1.807) is 18.2 Å². The van der Waals surface area contributed by atoms with Crippen molar-refractivity contribution < 1.29 is 9.59 Å². The third kappa shape index (κ3) is 2.27. The van der Waals surface area contributed by atoms with E-state index in [2.05, 4.69) is 13.8 Å². The molecule has 4 heteroatoms. The van der Waals surface area contributed by atoms with Crippen molar-refractivity contribution in [3.05, 3.63) is 28.8 Å². The topological polar surface area (TPSA) is 37.4 Å². The first-order valence-electron chi connectivity index (χ1n) is 6.17. The zero-order chi connectivity index (χ0) is 13.3. The number of para-hydroxylation sites is 1. The summed E-state index contributed by atoms with van der Waals surface area (Å²) in [6.07, 6.45) is 1.90. The predicted octanol–water partition coefficient (Wildman–Crippen LogP) is 3.31. The molecule has 1 aliphatic heterocycles. The SMILES string of the molecule is CC(C)CCCN1C(=O)C(=O)c2cccc(Cl)c21. The molecule has 96 valence electrons. The first kappa shape index (κ1) is 13.1. The Morgan fingerprint density at radius 2 is 2.00 bits per heavy atom. The van der Waals surface area contributed by atoms with Crippen molar-refractivity contribution in [2.75, 3.05) is 11.4 Å². The number of ketones is 1. The molecular weight excluding hydrogens is 250 g/mol. The maximum absolute atomic E-state index is 11.9. The van der Waals surface area contributed by atoms with Crippen molar-refractivity contribution in [1.29, 1.82) is 0 Å². The predicted molar refractivity (Wildman–Crippen MR) is 72.2 cm³/mol. The van der Waals surface area contributed by atoms with E-state index in [-0.39, 0.29) is 0 Å². The molecule has 0 saturated carbocycles. The smallest absolute Gasteiger partial charge is 0.299 e. The van der Waals surface area contributed by atoms with E-state index in [0.717, 1.165) is 12.8 Å². The second-order valence-electron chi connectivity index (χ2n) is 4.96. The average Bonchev–Trinajstić information content (AvgIpc) is 2.55. The van der Waals surface area contributed by atoms with Crippen molar-refractivity contribution >= 4 is 29.0 Å². The third-order valence-electron chi connectivity index (χ3n) is 3.10. The lowest BCUT2D eigenvalue weighted by Crippen LogP contribution is -2.30. The lowest BCUT2D eigenvalue weighted by atomic mass is 10.1. The summed E-state index contributed by atoms with van der Waals surface area (Å²) < 4.78 is 0. The molecule has 0 saturated heterocycles. The van der Waals surface area contributed by atoms with Gasteiger partial charge in [0.1, 0.15) is 0 Å². The highest BCUT2D eigenvalue weighted by atomic mass is 35.5. The van der Waals surface area contributed by atoms with Gasteiger partial charge in [0, 0.05) is 6.54 Å². The number of amides is 1. The van der Waals surface area contributed by atoms with Gasteiger partial charge in [-0.05, 0) is 30.9 Å². The molecule has 0 atom stereocenters. The van der Waals surface area contributed by atoms with Crippen LogP contribution in [-0.4, -0.2) is 18.2 Å². The number of fused-ring (bicyclic) bond motifs is 1. The van der Waals surface area contributed by atoms with E-state index in [9.17, 15) is 9.59 Å². The number of anilines is 1. The number of nitrogens with zero attached hydrogens (tertiary/aromatic N) is 1. The van der Waals surface area contributed by atoms with Crippen LogP contribution in [0.4, 0.5) is 5.69 Å². The average molecular weight is 266 g/mol. The Morgan fingerprint density at radius 1 is 1.28 bits per heavy atom. The first-order valence-corrected chi connectivity index (χ1v) is 6.55. The molecule has 0 N–H and O–H groups in total. The Balaban J connectivity index is 2.23. The van der Waals surface area contributed by atoms with E-state index in [1.807, 2.05) is 0 Å². The zero-order valence-corrected chi connectivity index (χ0v) is 11.3. The number of halogens is 1. The second-order valence-corrected chi connectivity index (χ2v) is 5.37. The molecule has 0 fully saturated rings. The summed E-state index contributed by atoms with van der Waals surface area (Å²) in [6, 6.07) is 5.07. The summed E-state index contributed by atoms with van der Waals surface area (Å²) in [7, 11) is 0. The fraction of sp³-hybridized carbons (Fsp3) is 0.429. The number of benzene rings is 1. The summed E-state index contributed by atoms with van der Waals surface area (Å²) in [5.74, 6) is -0.317. The van der Waals surface area contributed by atoms with Gasteiger partial charge in [-0.25, -0.2) is 0 Å². The van der Waals surface area contributed by atoms with Gasteiger partial charge in [-0.1, -0.05) is 31.5 Å². The minimum Gasteiger partial charge on any atom is -0.303 e. The van der Waals surface area contributed by atoms with E-state index in [0.29, 0.717) is 28.7 Å². The lowest BCUT2D eigenvalue weighted by Gasteiger charge is -2.18. The summed E-state index contributed by atoms with van der Waals surface area (Å²) >= 11 is 6.09. The van der Waals surface area contributed by atoms with Gasteiger partial charge >= 0.3 is 0 Å². The van der Waals surface area contributed by atoms with Gasteiger partial charge in [0.2, 0.25) is 0 Å². The molecule has 2 rings (SSSR count). The Labute approximate surface area is 112 Å². The van der Waals surface area contributed by atoms with Gasteiger partial charge in [0.25, 0.3) is 11.7 Å². The molecule has 3 nitrogen and oxygen atoms in total. The minimum absolute atomic E-state index is 0.428. The number of rotatable bonds is 4. The van der Waals surface area contributed by atoms with Crippen LogP contribution in [-0.2, 0) is 4.79 Å². The Kier molecular flexibility index (Phi) is 3.71. The van der Waals surface area contributed by atoms with Gasteiger partial charge < -0.3 is 4.90 Å². The van der Waals surface area contributed by atoms with E-state index in [4.69, 9.17) is 11.6 Å². The molecular formula is C14H16ClNO2. The van der Waals surface area contributed by atoms with Crippen molar-refractivity contribution in [2.45, 2.75) is 26.7 Å². The second kappa shape index (κ2) is 5.11. The van der Waals surface area contributed by atoms with Gasteiger partial charge in [-0.15, -0.1) is 0 Å². The third-order valence-corrected chi connectivity index (χ3v) is 3.41. The first-order chi connectivity index (χ1) is 8.52. The summed E-state index contributed by atoms with van der Waals surface area (Å²) in [4.78, 5) is 25.2. The van der Waals surface area contributed by atoms with Gasteiger partial charge in [0.15, 0.2) is 0 Å². The van der Waals surface area contributed by atoms with Crippen molar-refractivity contribution in [3.8, 4) is 0 Å². The number of carbonyl (C=O) groups excluding carboxylic acids is 2. The van der Waals surface area contributed by atoms with Gasteiger partial charge in [-0.3, -0.25) is 9.59 Å². The molecule has 0 radical (unpaired) electrons. The summed E-state index contributed by atoms with van der Waals surface area (Å²) in [5, 5.41) is 0.469. The summed E-state index contributed by atoms with van der Waals surface area (Å²) in [6.45, 7) is 4.83. The Morgan fingerprint density at radius 3 is 2.67 bits per heavy atom. The standard InChI is InChI=1S/C14H16ClNO2/c1-9(2)5-4-8-16-12-10(13(17)14(16)18)6-3-7-11(12)15/h3,6-7,9H,4-5,8H2,1-2H3. The molecule has 0 aromatic heterocycles. The quantitative estimate of drug-likeness (QED) is 0.784. The molecule has 18 heavy (non-hydrogen) atoms. The molecule has 0 bridgehead atoms. The zero-order valence-electron chi connectivity index (χ0n) is 10.6. The van der Waals surface area contributed by atoms with Gasteiger partial charge in [0.05, 0.1) is 16.3 Å². The lowest BCUT2D eigenvalue weighted by molar-refractivity contribution is -0.114. The number of hydrogen-bond donors (Lipinski definition) is 0. The fourth-order valence-corrected chi connectivity index (χ4v) is 2.46. The monoisotopic (exact) mass is 265 g/mol. The highest BCUT2D eigenvalue weighted by Crippen LogP contribution is 2.35. The number of Topliss-reactive ketones (excluding diaryl/α,β-unsaturated/α-hetero) is 1. The Bertz CT molecular complexity index is 497. The minimum atomic E-state index is -0.457. The van der Waals surface area contributed by atoms with Crippen LogP contribution in [0.3, 0.4) is 0 Å². The molecule has 0 spiro atoms. The molecule has 0 unspecified atom stereocenters. The number of hydrogen-bond acceptors (Lipinski definition) is 2. The van der Waals surface area contributed by atoms with Crippen molar-refractivity contribution in [2.24, 2.45) is 5.92 Å². The van der Waals surface area contributed by atoms with E-state index in [1.165, 1.54) is 4.90 Å². The molecule has 1 aromatic carbocycles. The maximum Gasteiger partial charge on any atom is 0.299 e. The fourth-order valence-electron chi connectivity index (χ4n) is 2.18. The van der Waals surface area contributed by atoms with Crippen LogP contribution in [0.25, 0.3) is 0 Å². The molecule has 1 heterocycles. The largest absolute Gasteiger partial charge is 0.303 e. The highest BCUT2D eigenvalue weighted by Gasteiger charge is 2.36. The van der Waals surface area contributed by atoms with Crippen LogP contribution in [0.1, 0.15) is 37.0 Å². The normalized spacial score (nSPS) is 14.6. The van der Waals surface area contributed by atoms with Crippen LogP contribution >= 0.6 is 11.6 Å². The number of carbonyl (C=O) groups is 2. The summed E-state index contributed by atoms with van der Waals surface area (Å²) in [5.41, 5.74) is 1.01. The molecule has 1 amide bonds. The van der Waals surface area contributed by atoms with Crippen LogP contribution < -0.4 is 4.90 Å². The maximum atomic E-state index is 11.9. The van der Waals surface area contributed by atoms with Crippen LogP contribution in [0.15, 0.2) is 18.2 Å². The van der Waals surface area contributed by atoms with E-state index >= 15 is 0 Å².